The predicted molar refractivity (Wildman–Crippen MR) is 292 cm³/mol. The van der Waals surface area contributed by atoms with E-state index in [1.54, 1.807) is 62.4 Å². The van der Waals surface area contributed by atoms with Gasteiger partial charge in [0.05, 0.1) is 29.6 Å². The number of hydrogen-bond donors (Lipinski definition) is 1. The van der Waals surface area contributed by atoms with Gasteiger partial charge in [0, 0.05) is 63.8 Å². The molecule has 2 saturated carbocycles. The Labute approximate surface area is 467 Å². The Kier molecular flexibility index (Phi) is 21.0. The summed E-state index contributed by atoms with van der Waals surface area (Å²) in [7, 11) is 1.41. The van der Waals surface area contributed by atoms with Crippen molar-refractivity contribution in [3.63, 3.8) is 0 Å². The summed E-state index contributed by atoms with van der Waals surface area (Å²) >= 11 is 0. The average Bonchev–Trinajstić information content (AvgIpc) is 4.11. The Morgan fingerprint density at radius 2 is 0.901 bits per heavy atom. The Morgan fingerprint density at radius 3 is 1.25 bits per heavy atom. The number of carbonyl (C=O) groups excluding carboxylic acids is 5. The third-order valence-electron chi connectivity index (χ3n) is 15.6. The largest absolute Gasteiger partial charge is 0.481 e. The van der Waals surface area contributed by atoms with E-state index in [2.05, 4.69) is 10.2 Å². The number of para-hydroxylation sites is 2. The van der Waals surface area contributed by atoms with Gasteiger partial charge < -0.3 is 9.84 Å². The molecular formula is C63H68F6N4O8. The lowest BCUT2D eigenvalue weighted by molar-refractivity contribution is -0.142. The molecule has 430 valence electrons. The Morgan fingerprint density at radius 1 is 0.531 bits per heavy atom. The number of alkyl halides is 6. The number of ketones is 4. The number of carbonyl (C=O) groups is 6. The molecule has 0 amide bonds. The fourth-order valence-electron chi connectivity index (χ4n) is 11.0. The van der Waals surface area contributed by atoms with E-state index >= 15 is 0 Å². The van der Waals surface area contributed by atoms with E-state index in [9.17, 15) is 55.1 Å². The molecule has 0 radical (unpaired) electrons. The van der Waals surface area contributed by atoms with Gasteiger partial charge in [0.25, 0.3) is 0 Å². The number of esters is 1. The fourth-order valence-corrected chi connectivity index (χ4v) is 11.0. The summed E-state index contributed by atoms with van der Waals surface area (Å²) in [6.45, 7) is 3.50. The van der Waals surface area contributed by atoms with Crippen LogP contribution in [0.4, 0.5) is 26.3 Å². The summed E-state index contributed by atoms with van der Waals surface area (Å²) in [5.74, 6) is -1.02. The quantitative estimate of drug-likeness (QED) is 0.0392. The van der Waals surface area contributed by atoms with Crippen LogP contribution in [0.3, 0.4) is 0 Å². The van der Waals surface area contributed by atoms with Gasteiger partial charge in [0.1, 0.15) is 11.6 Å². The minimum Gasteiger partial charge on any atom is -0.481 e. The van der Waals surface area contributed by atoms with Gasteiger partial charge >= 0.3 is 24.3 Å². The lowest BCUT2D eigenvalue weighted by Crippen LogP contribution is -2.17. The summed E-state index contributed by atoms with van der Waals surface area (Å²) in [6.07, 6.45) is 1.61. The van der Waals surface area contributed by atoms with Crippen LogP contribution in [-0.4, -0.2) is 66.8 Å². The number of Topliss-reactive ketones (excluding diaryl/α,β-unsaturated/α-hetero) is 4. The molecule has 0 atom stereocenters. The molecule has 2 aromatic heterocycles. The van der Waals surface area contributed by atoms with Crippen molar-refractivity contribution >= 4 is 35.1 Å². The van der Waals surface area contributed by atoms with Crippen molar-refractivity contribution in [1.29, 1.82) is 0 Å². The molecule has 8 rings (SSSR count). The molecule has 2 heterocycles. The van der Waals surface area contributed by atoms with Crippen LogP contribution >= 0.6 is 0 Å². The second-order valence-electron chi connectivity index (χ2n) is 21.5. The number of benzene rings is 4. The molecule has 0 spiro atoms. The number of aliphatic carboxylic acids is 1. The number of carboxylic acids is 1. The maximum absolute atomic E-state index is 13.7. The number of rotatable bonds is 22. The van der Waals surface area contributed by atoms with Crippen LogP contribution < -0.4 is 0 Å². The van der Waals surface area contributed by atoms with Crippen molar-refractivity contribution in [2.45, 2.75) is 154 Å². The van der Waals surface area contributed by atoms with Gasteiger partial charge in [-0.25, -0.2) is 9.36 Å². The number of aryl methyl sites for hydroxylation is 2. The first kappa shape index (κ1) is 61.1. The molecule has 0 saturated heterocycles. The summed E-state index contributed by atoms with van der Waals surface area (Å²) in [6, 6.07) is 29.5. The minimum atomic E-state index is -4.78. The topological polar surface area (TPSA) is 168 Å². The highest BCUT2D eigenvalue weighted by Gasteiger charge is 2.40. The standard InChI is InChI=1S/C32H35F3N2O4.C31H33F3N2O4/c1-21-6-3-4-8-28(21)37-20-27(31(36-37)32(33,34)35)29(39)9-5-7-26(38)18-22-10-14-24(15-11-22)25-16-12-23(13-17-25)19-30(40)41-2;1-20-5-2-3-7-27(20)36-19-26(30(35-36)31(32,33)34)28(38)8-4-6-25(37)17-21-9-13-23(14-10-21)24-15-11-22(12-16-24)18-29(39)40/h3-4,6,8,10-11,14-15,20,23,25H,5,7,9,12-13,16-19H2,1-2H3;2-3,5,7,9-10,13-14,19,22,24H,4,6,8,11-12,15-18H2,1H3,(H,39,40). The van der Waals surface area contributed by atoms with Crippen LogP contribution in [0.1, 0.15) is 180 Å². The van der Waals surface area contributed by atoms with Crippen LogP contribution in [0.15, 0.2) is 109 Å². The predicted octanol–water partition coefficient (Wildman–Crippen LogP) is 14.3. The summed E-state index contributed by atoms with van der Waals surface area (Å²) < 4.78 is 88.8. The normalized spacial score (nSPS) is 17.4. The van der Waals surface area contributed by atoms with Crippen LogP contribution in [0, 0.1) is 25.7 Å². The molecule has 0 aliphatic heterocycles. The Hall–Kier alpha value is -7.50. The van der Waals surface area contributed by atoms with E-state index in [1.165, 1.54) is 18.2 Å². The van der Waals surface area contributed by atoms with Gasteiger partial charge in [-0.3, -0.25) is 28.8 Å². The van der Waals surface area contributed by atoms with Crippen molar-refractivity contribution in [3.05, 3.63) is 165 Å². The lowest BCUT2D eigenvalue weighted by Gasteiger charge is -2.28. The van der Waals surface area contributed by atoms with Crippen LogP contribution in [0.2, 0.25) is 0 Å². The van der Waals surface area contributed by atoms with Crippen molar-refractivity contribution in [2.75, 3.05) is 7.11 Å². The SMILES string of the molecule is COC(=O)CC1CCC(c2ccc(CC(=O)CCCC(=O)c3cn(-c4ccccc4C)nc3C(F)(F)F)cc2)CC1.Cc1ccccc1-n1cc(C(=O)CCCC(=O)Cc2ccc(C3CCC(CC(=O)O)CC3)cc2)c(C(F)(F)F)n1. The first-order chi connectivity index (χ1) is 38.6. The zero-order chi connectivity index (χ0) is 58.4. The highest BCUT2D eigenvalue weighted by molar-refractivity contribution is 5.98. The zero-order valence-corrected chi connectivity index (χ0v) is 45.8. The molecule has 0 unspecified atom stereocenters. The second-order valence-corrected chi connectivity index (χ2v) is 21.5. The average molecular weight is 1120 g/mol. The maximum Gasteiger partial charge on any atom is 0.435 e. The Balaban J connectivity index is 0.000000234. The second kappa shape index (κ2) is 27.8. The van der Waals surface area contributed by atoms with E-state index in [0.717, 1.165) is 95.4 Å². The number of halogens is 6. The van der Waals surface area contributed by atoms with Crippen molar-refractivity contribution < 1.29 is 65.0 Å². The van der Waals surface area contributed by atoms with Crippen molar-refractivity contribution in [1.82, 2.24) is 19.6 Å². The number of carboxylic acid groups (broad SMARTS) is 1. The van der Waals surface area contributed by atoms with Crippen molar-refractivity contribution in [3.8, 4) is 11.4 Å². The number of aromatic nitrogens is 4. The number of nitrogens with zero attached hydrogens (tertiary/aromatic N) is 4. The molecule has 2 aliphatic carbocycles. The number of ether oxygens (including phenoxy) is 1. The first-order valence-electron chi connectivity index (χ1n) is 27.6. The molecule has 81 heavy (non-hydrogen) atoms. The van der Waals surface area contributed by atoms with Gasteiger partial charge in [-0.1, -0.05) is 84.9 Å². The van der Waals surface area contributed by atoms with E-state index in [4.69, 9.17) is 9.84 Å². The van der Waals surface area contributed by atoms with E-state index in [1.807, 2.05) is 48.5 Å². The monoisotopic (exact) mass is 1120 g/mol. The van der Waals surface area contributed by atoms with E-state index in [0.29, 0.717) is 35.5 Å². The van der Waals surface area contributed by atoms with Crippen LogP contribution in [-0.2, 0) is 49.1 Å². The first-order valence-corrected chi connectivity index (χ1v) is 27.6. The molecule has 4 aromatic carbocycles. The summed E-state index contributed by atoms with van der Waals surface area (Å²) in [5, 5.41) is 16.3. The highest BCUT2D eigenvalue weighted by Crippen LogP contribution is 2.39. The molecule has 1 N–H and O–H groups in total. The van der Waals surface area contributed by atoms with Crippen LogP contribution in [0.5, 0.6) is 0 Å². The molecule has 2 aliphatic rings. The lowest BCUT2D eigenvalue weighted by atomic mass is 9.77. The Bertz CT molecular complexity index is 3140. The third kappa shape index (κ3) is 17.3. The third-order valence-corrected chi connectivity index (χ3v) is 15.6. The van der Waals surface area contributed by atoms with Gasteiger partial charge in [-0.05, 0) is 147 Å². The molecule has 18 heteroatoms. The minimum absolute atomic E-state index is 0.0690. The van der Waals surface area contributed by atoms with Gasteiger partial charge in [-0.2, -0.15) is 36.5 Å². The van der Waals surface area contributed by atoms with Gasteiger partial charge in [0.2, 0.25) is 0 Å². The molecule has 6 aromatic rings. The zero-order valence-electron chi connectivity index (χ0n) is 45.8. The molecular weight excluding hydrogens is 1050 g/mol. The molecule has 12 nitrogen and oxygen atoms in total. The summed E-state index contributed by atoms with van der Waals surface area (Å²) in [5.41, 5.74) is 3.07. The van der Waals surface area contributed by atoms with E-state index < -0.39 is 52.4 Å². The highest BCUT2D eigenvalue weighted by atomic mass is 19.4. The maximum atomic E-state index is 13.7. The number of methoxy groups -OCH3 is 1. The number of hydrogen-bond acceptors (Lipinski definition) is 9. The molecule has 0 bridgehead atoms. The van der Waals surface area contributed by atoms with Gasteiger partial charge in [0.15, 0.2) is 23.0 Å². The van der Waals surface area contributed by atoms with Crippen LogP contribution in [0.25, 0.3) is 11.4 Å². The molecule has 2 fully saturated rings. The van der Waals surface area contributed by atoms with Gasteiger partial charge in [-0.15, -0.1) is 0 Å². The smallest absolute Gasteiger partial charge is 0.435 e. The summed E-state index contributed by atoms with van der Waals surface area (Å²) in [4.78, 5) is 73.1. The fraction of sp³-hybridized carbons (Fsp3) is 0.429. The van der Waals surface area contributed by atoms with E-state index in [-0.39, 0.29) is 81.2 Å². The van der Waals surface area contributed by atoms with Crippen molar-refractivity contribution in [2.24, 2.45) is 11.8 Å².